The van der Waals surface area contributed by atoms with Gasteiger partial charge in [0, 0.05) is 24.4 Å². The molecular weight excluding hydrogens is 288 g/mol. The quantitative estimate of drug-likeness (QED) is 0.854. The molecule has 1 unspecified atom stereocenters. The number of pyridine rings is 1. The first-order valence-corrected chi connectivity index (χ1v) is 8.40. The van der Waals surface area contributed by atoms with Crippen LogP contribution in [0.2, 0.25) is 0 Å². The van der Waals surface area contributed by atoms with Crippen LogP contribution in [0.3, 0.4) is 0 Å². The number of hydrogen-bond donors (Lipinski definition) is 1. The molecule has 0 radical (unpaired) electrons. The molecule has 0 saturated heterocycles. The third kappa shape index (κ3) is 3.64. The molecule has 2 aliphatic rings. The Labute approximate surface area is 136 Å². The first-order valence-electron chi connectivity index (χ1n) is 8.40. The molecule has 0 amide bonds. The second-order valence-electron chi connectivity index (χ2n) is 6.36. The predicted octanol–water partition coefficient (Wildman–Crippen LogP) is 2.96. The SMILES string of the molecule is c1ccc(CC(NCCc2ccc3c(c2)OCO3)C2CC2)nc1. The fraction of sp³-hybridized carbons (Fsp3) is 0.421. The maximum atomic E-state index is 5.44. The largest absolute Gasteiger partial charge is 0.454 e. The van der Waals surface area contributed by atoms with Crippen molar-refractivity contribution in [1.29, 1.82) is 0 Å². The average Bonchev–Trinajstić information content (AvgIpc) is 3.33. The summed E-state index contributed by atoms with van der Waals surface area (Å²) in [5.74, 6) is 2.54. The van der Waals surface area contributed by atoms with E-state index in [2.05, 4.69) is 34.6 Å². The molecule has 2 heterocycles. The van der Waals surface area contributed by atoms with Crippen LogP contribution in [0, 0.1) is 5.92 Å². The first kappa shape index (κ1) is 14.5. The molecule has 0 bridgehead atoms. The van der Waals surface area contributed by atoms with Crippen molar-refractivity contribution in [2.75, 3.05) is 13.3 Å². The van der Waals surface area contributed by atoms with Gasteiger partial charge in [-0.2, -0.15) is 0 Å². The van der Waals surface area contributed by atoms with Crippen molar-refractivity contribution in [3.8, 4) is 11.5 Å². The second kappa shape index (κ2) is 6.59. The summed E-state index contributed by atoms with van der Waals surface area (Å²) in [5.41, 5.74) is 2.47. The number of fused-ring (bicyclic) bond motifs is 1. The molecule has 1 aromatic carbocycles. The van der Waals surface area contributed by atoms with E-state index >= 15 is 0 Å². The predicted molar refractivity (Wildman–Crippen MR) is 88.7 cm³/mol. The van der Waals surface area contributed by atoms with Gasteiger partial charge in [0.2, 0.25) is 6.79 Å². The molecule has 4 nitrogen and oxygen atoms in total. The van der Waals surface area contributed by atoms with Crippen LogP contribution in [0.5, 0.6) is 11.5 Å². The Morgan fingerprint density at radius 1 is 1.13 bits per heavy atom. The summed E-state index contributed by atoms with van der Waals surface area (Å²) in [4.78, 5) is 4.46. The number of ether oxygens (including phenoxy) is 2. The molecule has 120 valence electrons. The second-order valence-corrected chi connectivity index (χ2v) is 6.36. The zero-order valence-corrected chi connectivity index (χ0v) is 13.2. The topological polar surface area (TPSA) is 43.4 Å². The number of benzene rings is 1. The van der Waals surface area contributed by atoms with Crippen LogP contribution in [0.25, 0.3) is 0 Å². The third-order valence-electron chi connectivity index (χ3n) is 4.60. The molecule has 1 fully saturated rings. The fourth-order valence-electron chi connectivity index (χ4n) is 3.15. The van der Waals surface area contributed by atoms with Gasteiger partial charge in [-0.25, -0.2) is 0 Å². The summed E-state index contributed by atoms with van der Waals surface area (Å²) in [7, 11) is 0. The van der Waals surface area contributed by atoms with Crippen molar-refractivity contribution >= 4 is 0 Å². The van der Waals surface area contributed by atoms with Crippen molar-refractivity contribution in [1.82, 2.24) is 10.3 Å². The Bertz CT molecular complexity index is 656. The maximum Gasteiger partial charge on any atom is 0.231 e. The van der Waals surface area contributed by atoms with Crippen molar-refractivity contribution in [2.24, 2.45) is 5.92 Å². The van der Waals surface area contributed by atoms with Gasteiger partial charge in [-0.3, -0.25) is 4.98 Å². The molecule has 23 heavy (non-hydrogen) atoms. The Morgan fingerprint density at radius 2 is 2.04 bits per heavy atom. The Kier molecular flexibility index (Phi) is 4.16. The number of nitrogens with zero attached hydrogens (tertiary/aromatic N) is 1. The summed E-state index contributed by atoms with van der Waals surface area (Å²) in [6.45, 7) is 1.32. The van der Waals surface area contributed by atoms with Crippen LogP contribution < -0.4 is 14.8 Å². The van der Waals surface area contributed by atoms with E-state index in [1.165, 1.54) is 24.1 Å². The smallest absolute Gasteiger partial charge is 0.231 e. The molecule has 0 spiro atoms. The van der Waals surface area contributed by atoms with Gasteiger partial charge in [-0.05, 0) is 61.6 Å². The van der Waals surface area contributed by atoms with E-state index in [9.17, 15) is 0 Å². The van der Waals surface area contributed by atoms with Crippen molar-refractivity contribution in [3.63, 3.8) is 0 Å². The van der Waals surface area contributed by atoms with Gasteiger partial charge in [0.15, 0.2) is 11.5 Å². The normalized spacial score (nSPS) is 17.2. The van der Waals surface area contributed by atoms with Gasteiger partial charge >= 0.3 is 0 Å². The first-order chi connectivity index (χ1) is 11.4. The van der Waals surface area contributed by atoms with Crippen LogP contribution in [-0.2, 0) is 12.8 Å². The van der Waals surface area contributed by atoms with Gasteiger partial charge in [0.25, 0.3) is 0 Å². The standard InChI is InChI=1S/C19H22N2O2/c1-2-9-20-16(3-1)12-17(15-5-6-15)21-10-8-14-4-7-18-19(11-14)23-13-22-18/h1-4,7,9,11,15,17,21H,5-6,8,10,12-13H2. The Balaban J connectivity index is 1.32. The lowest BCUT2D eigenvalue weighted by molar-refractivity contribution is 0.174. The Hall–Kier alpha value is -2.07. The summed E-state index contributed by atoms with van der Waals surface area (Å²) in [5, 5.41) is 3.73. The number of rotatable bonds is 7. The van der Waals surface area contributed by atoms with Gasteiger partial charge < -0.3 is 14.8 Å². The zero-order chi connectivity index (χ0) is 15.5. The minimum Gasteiger partial charge on any atom is -0.454 e. The van der Waals surface area contributed by atoms with Crippen LogP contribution in [0.1, 0.15) is 24.1 Å². The monoisotopic (exact) mass is 310 g/mol. The van der Waals surface area contributed by atoms with Crippen molar-refractivity contribution in [3.05, 3.63) is 53.9 Å². The van der Waals surface area contributed by atoms with Gasteiger partial charge in [-0.15, -0.1) is 0 Å². The van der Waals surface area contributed by atoms with Gasteiger partial charge in [-0.1, -0.05) is 12.1 Å². The van der Waals surface area contributed by atoms with E-state index in [0.717, 1.165) is 36.8 Å². The van der Waals surface area contributed by atoms with E-state index < -0.39 is 0 Å². The van der Waals surface area contributed by atoms with Gasteiger partial charge in [0.1, 0.15) is 0 Å². The molecule has 1 aromatic heterocycles. The molecule has 4 rings (SSSR count). The lowest BCUT2D eigenvalue weighted by Crippen LogP contribution is -2.34. The molecule has 2 aromatic rings. The Morgan fingerprint density at radius 3 is 2.87 bits per heavy atom. The summed E-state index contributed by atoms with van der Waals surface area (Å²) >= 11 is 0. The summed E-state index contributed by atoms with van der Waals surface area (Å²) in [6.07, 6.45) is 6.59. The average molecular weight is 310 g/mol. The number of nitrogens with one attached hydrogen (secondary N) is 1. The van der Waals surface area contributed by atoms with Crippen LogP contribution >= 0.6 is 0 Å². The molecule has 4 heteroatoms. The van der Waals surface area contributed by atoms with Crippen molar-refractivity contribution in [2.45, 2.75) is 31.7 Å². The molecule has 1 aliphatic carbocycles. The van der Waals surface area contributed by atoms with Crippen LogP contribution in [0.4, 0.5) is 0 Å². The molecule has 1 saturated carbocycles. The van der Waals surface area contributed by atoms with Gasteiger partial charge in [0.05, 0.1) is 0 Å². The molecule has 1 atom stereocenters. The summed E-state index contributed by atoms with van der Waals surface area (Å²) < 4.78 is 10.8. The lowest BCUT2D eigenvalue weighted by atomic mass is 10.1. The zero-order valence-electron chi connectivity index (χ0n) is 13.2. The van der Waals surface area contributed by atoms with E-state index in [1.807, 2.05) is 18.3 Å². The highest BCUT2D eigenvalue weighted by Gasteiger charge is 2.31. The molecule has 1 aliphatic heterocycles. The lowest BCUT2D eigenvalue weighted by Gasteiger charge is -2.18. The van der Waals surface area contributed by atoms with E-state index in [0.29, 0.717) is 12.8 Å². The molecular formula is C19H22N2O2. The molecule has 1 N–H and O–H groups in total. The number of aromatic nitrogens is 1. The highest BCUT2D eigenvalue weighted by molar-refractivity contribution is 5.44. The third-order valence-corrected chi connectivity index (χ3v) is 4.60. The summed E-state index contributed by atoms with van der Waals surface area (Å²) in [6, 6.07) is 12.9. The van der Waals surface area contributed by atoms with Crippen LogP contribution in [0.15, 0.2) is 42.6 Å². The highest BCUT2D eigenvalue weighted by atomic mass is 16.7. The fourth-order valence-corrected chi connectivity index (χ4v) is 3.15. The van der Waals surface area contributed by atoms with E-state index in [1.54, 1.807) is 0 Å². The highest BCUT2D eigenvalue weighted by Crippen LogP contribution is 2.34. The minimum atomic E-state index is 0.338. The minimum absolute atomic E-state index is 0.338. The van der Waals surface area contributed by atoms with E-state index in [4.69, 9.17) is 9.47 Å². The van der Waals surface area contributed by atoms with Crippen LogP contribution in [-0.4, -0.2) is 24.4 Å². The van der Waals surface area contributed by atoms with Crippen molar-refractivity contribution < 1.29 is 9.47 Å². The maximum absolute atomic E-state index is 5.44. The van der Waals surface area contributed by atoms with E-state index in [-0.39, 0.29) is 0 Å². The number of hydrogen-bond acceptors (Lipinski definition) is 4.